The van der Waals surface area contributed by atoms with E-state index in [9.17, 15) is 13.6 Å². The minimum Gasteiger partial charge on any atom is -0.342 e. The fourth-order valence-corrected chi connectivity index (χ4v) is 2.19. The molecule has 1 amide bonds. The van der Waals surface area contributed by atoms with Crippen LogP contribution in [0.25, 0.3) is 0 Å². The normalized spacial score (nSPS) is 18.3. The van der Waals surface area contributed by atoms with Crippen LogP contribution in [0.3, 0.4) is 0 Å². The van der Waals surface area contributed by atoms with Crippen molar-refractivity contribution >= 4 is 18.3 Å². The lowest BCUT2D eigenvalue weighted by Crippen LogP contribution is -2.31. The number of hydrogen-bond acceptors (Lipinski definition) is 2. The molecule has 0 spiro atoms. The first-order valence-corrected chi connectivity index (χ1v) is 6.02. The third kappa shape index (κ3) is 3.88. The number of benzene rings is 1. The molecule has 2 rings (SSSR count). The predicted molar refractivity (Wildman–Crippen MR) is 71.1 cm³/mol. The number of nitrogens with zero attached hydrogens (tertiary/aromatic N) is 1. The summed E-state index contributed by atoms with van der Waals surface area (Å²) in [7, 11) is 0. The van der Waals surface area contributed by atoms with Crippen LogP contribution >= 0.6 is 12.4 Å². The molecule has 1 aliphatic heterocycles. The summed E-state index contributed by atoms with van der Waals surface area (Å²) < 4.78 is 26.1. The molecule has 1 heterocycles. The molecule has 19 heavy (non-hydrogen) atoms. The molecule has 0 radical (unpaired) electrons. The van der Waals surface area contributed by atoms with E-state index in [4.69, 9.17) is 5.73 Å². The van der Waals surface area contributed by atoms with E-state index in [0.717, 1.165) is 12.5 Å². The summed E-state index contributed by atoms with van der Waals surface area (Å²) in [4.78, 5) is 13.6. The van der Waals surface area contributed by atoms with Crippen molar-refractivity contribution in [2.45, 2.75) is 12.8 Å². The zero-order chi connectivity index (χ0) is 13.1. The highest BCUT2D eigenvalue weighted by atomic mass is 35.5. The first-order chi connectivity index (χ1) is 8.60. The lowest BCUT2D eigenvalue weighted by molar-refractivity contribution is -0.129. The Morgan fingerprint density at radius 1 is 1.42 bits per heavy atom. The van der Waals surface area contributed by atoms with Crippen molar-refractivity contribution in [1.29, 1.82) is 0 Å². The zero-order valence-corrected chi connectivity index (χ0v) is 11.3. The van der Waals surface area contributed by atoms with E-state index >= 15 is 0 Å². The third-order valence-corrected chi connectivity index (χ3v) is 3.33. The lowest BCUT2D eigenvalue weighted by atomic mass is 10.1. The molecule has 1 unspecified atom stereocenters. The molecule has 106 valence electrons. The van der Waals surface area contributed by atoms with Crippen molar-refractivity contribution in [2.24, 2.45) is 11.7 Å². The Morgan fingerprint density at radius 2 is 2.16 bits per heavy atom. The molecule has 0 aromatic heterocycles. The van der Waals surface area contributed by atoms with Crippen molar-refractivity contribution in [3.05, 3.63) is 35.4 Å². The van der Waals surface area contributed by atoms with Crippen LogP contribution in [-0.2, 0) is 11.2 Å². The maximum atomic E-state index is 13.4. The lowest BCUT2D eigenvalue weighted by Gasteiger charge is -2.16. The zero-order valence-electron chi connectivity index (χ0n) is 10.4. The van der Waals surface area contributed by atoms with Gasteiger partial charge in [-0.1, -0.05) is 6.07 Å². The summed E-state index contributed by atoms with van der Waals surface area (Å²) in [5.41, 5.74) is 5.78. The molecule has 3 nitrogen and oxygen atoms in total. The second-order valence-electron chi connectivity index (χ2n) is 4.64. The fourth-order valence-electron chi connectivity index (χ4n) is 2.19. The molecule has 0 saturated carbocycles. The van der Waals surface area contributed by atoms with E-state index in [1.165, 1.54) is 12.1 Å². The monoisotopic (exact) mass is 290 g/mol. The van der Waals surface area contributed by atoms with Gasteiger partial charge in [0.1, 0.15) is 11.6 Å². The second kappa shape index (κ2) is 6.82. The Labute approximate surface area is 117 Å². The molecule has 2 N–H and O–H groups in total. The quantitative estimate of drug-likeness (QED) is 0.922. The Balaban J connectivity index is 0.00000180. The largest absolute Gasteiger partial charge is 0.342 e. The Kier molecular flexibility index (Phi) is 5.69. The molecular formula is C13H17ClF2N2O. The summed E-state index contributed by atoms with van der Waals surface area (Å²) in [6, 6.07) is 3.28. The van der Waals surface area contributed by atoms with Gasteiger partial charge in [-0.25, -0.2) is 8.78 Å². The van der Waals surface area contributed by atoms with Crippen molar-refractivity contribution in [2.75, 3.05) is 19.6 Å². The highest BCUT2D eigenvalue weighted by molar-refractivity contribution is 5.85. The Hall–Kier alpha value is -1.20. The van der Waals surface area contributed by atoms with E-state index in [2.05, 4.69) is 0 Å². The molecule has 1 aromatic rings. The molecule has 6 heteroatoms. The van der Waals surface area contributed by atoms with Gasteiger partial charge < -0.3 is 10.6 Å². The number of carbonyl (C=O) groups is 1. The van der Waals surface area contributed by atoms with Crippen LogP contribution in [0, 0.1) is 17.6 Å². The van der Waals surface area contributed by atoms with Gasteiger partial charge in [-0.15, -0.1) is 12.4 Å². The molecule has 0 bridgehead atoms. The minimum absolute atomic E-state index is 0. The molecule has 0 aliphatic carbocycles. The topological polar surface area (TPSA) is 46.3 Å². The van der Waals surface area contributed by atoms with E-state index in [0.29, 0.717) is 25.6 Å². The van der Waals surface area contributed by atoms with Gasteiger partial charge in [-0.3, -0.25) is 4.79 Å². The van der Waals surface area contributed by atoms with Gasteiger partial charge in [0.05, 0.1) is 6.42 Å². The van der Waals surface area contributed by atoms with E-state index < -0.39 is 11.6 Å². The second-order valence-corrected chi connectivity index (χ2v) is 4.64. The molecule has 1 aliphatic rings. The summed E-state index contributed by atoms with van der Waals surface area (Å²) in [6.07, 6.45) is 0.873. The Morgan fingerprint density at radius 3 is 2.74 bits per heavy atom. The number of rotatable bonds is 3. The Bertz CT molecular complexity index is 456. The van der Waals surface area contributed by atoms with E-state index in [1.807, 2.05) is 0 Å². The average molecular weight is 291 g/mol. The number of nitrogens with two attached hydrogens (primary N) is 1. The van der Waals surface area contributed by atoms with Crippen molar-refractivity contribution in [3.8, 4) is 0 Å². The van der Waals surface area contributed by atoms with Gasteiger partial charge in [-0.2, -0.15) is 0 Å². The van der Waals surface area contributed by atoms with Gasteiger partial charge in [0.25, 0.3) is 0 Å². The number of amides is 1. The van der Waals surface area contributed by atoms with Crippen molar-refractivity contribution < 1.29 is 13.6 Å². The van der Waals surface area contributed by atoms with Crippen LogP contribution in [0.2, 0.25) is 0 Å². The average Bonchev–Trinajstić information content (AvgIpc) is 2.81. The van der Waals surface area contributed by atoms with E-state index in [1.54, 1.807) is 4.90 Å². The van der Waals surface area contributed by atoms with Gasteiger partial charge in [0.15, 0.2) is 0 Å². The van der Waals surface area contributed by atoms with E-state index in [-0.39, 0.29) is 30.3 Å². The number of carbonyl (C=O) groups excluding carboxylic acids is 1. The van der Waals surface area contributed by atoms with Crippen LogP contribution in [0.1, 0.15) is 12.0 Å². The predicted octanol–water partition coefficient (Wildman–Crippen LogP) is 1.74. The number of hydrogen-bond donors (Lipinski definition) is 1. The van der Waals surface area contributed by atoms with Crippen LogP contribution in [0.15, 0.2) is 18.2 Å². The summed E-state index contributed by atoms with van der Waals surface area (Å²) in [5, 5.41) is 0. The van der Waals surface area contributed by atoms with Gasteiger partial charge in [-0.05, 0) is 30.5 Å². The van der Waals surface area contributed by atoms with Crippen LogP contribution < -0.4 is 5.73 Å². The van der Waals surface area contributed by atoms with Gasteiger partial charge in [0, 0.05) is 19.2 Å². The molecule has 1 fully saturated rings. The molecule has 1 aromatic carbocycles. The fraction of sp³-hybridized carbons (Fsp3) is 0.462. The van der Waals surface area contributed by atoms with Gasteiger partial charge in [0.2, 0.25) is 5.91 Å². The molecular weight excluding hydrogens is 274 g/mol. The first kappa shape index (κ1) is 15.9. The SMILES string of the molecule is Cl.NCC1CCN(C(=O)Cc2ccc(F)cc2F)C1. The smallest absolute Gasteiger partial charge is 0.227 e. The standard InChI is InChI=1S/C13H16F2N2O.ClH/c14-11-2-1-10(12(15)6-11)5-13(18)17-4-3-9(7-16)8-17;/h1-2,6,9H,3-5,7-8,16H2;1H. The first-order valence-electron chi connectivity index (χ1n) is 6.02. The molecule has 1 saturated heterocycles. The van der Waals surface area contributed by atoms with Crippen molar-refractivity contribution in [3.63, 3.8) is 0 Å². The summed E-state index contributed by atoms with van der Waals surface area (Å²) >= 11 is 0. The minimum atomic E-state index is -0.669. The summed E-state index contributed by atoms with van der Waals surface area (Å²) in [6.45, 7) is 1.87. The van der Waals surface area contributed by atoms with Gasteiger partial charge >= 0.3 is 0 Å². The number of halogens is 3. The van der Waals surface area contributed by atoms with Crippen LogP contribution in [0.4, 0.5) is 8.78 Å². The van der Waals surface area contributed by atoms with Crippen LogP contribution in [0.5, 0.6) is 0 Å². The number of likely N-dealkylation sites (tertiary alicyclic amines) is 1. The molecule has 1 atom stereocenters. The van der Waals surface area contributed by atoms with Crippen LogP contribution in [-0.4, -0.2) is 30.4 Å². The maximum absolute atomic E-state index is 13.4. The third-order valence-electron chi connectivity index (χ3n) is 3.33. The highest BCUT2D eigenvalue weighted by Crippen LogP contribution is 2.17. The maximum Gasteiger partial charge on any atom is 0.227 e. The van der Waals surface area contributed by atoms with Crippen molar-refractivity contribution in [1.82, 2.24) is 4.90 Å². The highest BCUT2D eigenvalue weighted by Gasteiger charge is 2.25. The summed E-state index contributed by atoms with van der Waals surface area (Å²) in [5.74, 6) is -1.09.